The van der Waals surface area contributed by atoms with E-state index in [1.54, 1.807) is 18.3 Å². The molecule has 0 radical (unpaired) electrons. The Balaban J connectivity index is 1.60. The van der Waals surface area contributed by atoms with Gasteiger partial charge in [-0.05, 0) is 34.9 Å². The largest absolute Gasteiger partial charge is 0.495 e. The summed E-state index contributed by atoms with van der Waals surface area (Å²) >= 11 is 0. The van der Waals surface area contributed by atoms with Crippen molar-refractivity contribution in [2.75, 3.05) is 12.4 Å². The zero-order valence-electron chi connectivity index (χ0n) is 17.3. The van der Waals surface area contributed by atoms with Gasteiger partial charge in [0.15, 0.2) is 0 Å². The van der Waals surface area contributed by atoms with Gasteiger partial charge in [0, 0.05) is 30.1 Å². The first kappa shape index (κ1) is 20.8. The normalized spacial score (nSPS) is 10.5. The van der Waals surface area contributed by atoms with Crippen molar-refractivity contribution < 1.29 is 14.5 Å². The molecule has 1 aromatic heterocycles. The molecule has 8 nitrogen and oxygen atoms in total. The minimum atomic E-state index is -0.520. The highest BCUT2D eigenvalue weighted by atomic mass is 16.6. The van der Waals surface area contributed by atoms with Crippen molar-refractivity contribution in [1.82, 2.24) is 9.78 Å². The van der Waals surface area contributed by atoms with Gasteiger partial charge in [-0.3, -0.25) is 19.6 Å². The Morgan fingerprint density at radius 3 is 2.56 bits per heavy atom. The molecule has 0 unspecified atom stereocenters. The predicted molar refractivity (Wildman–Crippen MR) is 121 cm³/mol. The van der Waals surface area contributed by atoms with Gasteiger partial charge in [-0.15, -0.1) is 0 Å². The SMILES string of the molecule is COc1ccc([N+](=O)[O-])cc1NC(=O)c1ccccc1-c1ccc(Cn2cccn2)cc1. The van der Waals surface area contributed by atoms with E-state index in [0.29, 0.717) is 17.9 Å². The summed E-state index contributed by atoms with van der Waals surface area (Å²) in [5.74, 6) is -0.0515. The molecule has 160 valence electrons. The zero-order valence-corrected chi connectivity index (χ0v) is 17.3. The average molecular weight is 428 g/mol. The second kappa shape index (κ2) is 9.13. The Labute approximate surface area is 184 Å². The fraction of sp³-hybridized carbons (Fsp3) is 0.0833. The number of rotatable bonds is 7. The summed E-state index contributed by atoms with van der Waals surface area (Å²) in [6, 6.07) is 21.1. The third kappa shape index (κ3) is 4.49. The lowest BCUT2D eigenvalue weighted by atomic mass is 9.98. The van der Waals surface area contributed by atoms with E-state index in [4.69, 9.17) is 4.74 Å². The second-order valence-electron chi connectivity index (χ2n) is 7.04. The minimum absolute atomic E-state index is 0.137. The third-order valence-corrected chi connectivity index (χ3v) is 4.98. The summed E-state index contributed by atoms with van der Waals surface area (Å²) in [4.78, 5) is 23.7. The fourth-order valence-electron chi connectivity index (χ4n) is 3.40. The molecular weight excluding hydrogens is 408 g/mol. The number of non-ortho nitro benzene ring substituents is 1. The Morgan fingerprint density at radius 2 is 1.88 bits per heavy atom. The van der Waals surface area contributed by atoms with Crippen molar-refractivity contribution in [3.63, 3.8) is 0 Å². The van der Waals surface area contributed by atoms with E-state index in [1.807, 2.05) is 53.3 Å². The fourth-order valence-corrected chi connectivity index (χ4v) is 3.40. The van der Waals surface area contributed by atoms with Gasteiger partial charge in [0.05, 0.1) is 24.3 Å². The van der Waals surface area contributed by atoms with Crippen LogP contribution in [-0.4, -0.2) is 27.7 Å². The Bertz CT molecular complexity index is 1250. The van der Waals surface area contributed by atoms with Crippen molar-refractivity contribution in [2.45, 2.75) is 6.54 Å². The van der Waals surface area contributed by atoms with E-state index in [9.17, 15) is 14.9 Å². The molecule has 1 amide bonds. The quantitative estimate of drug-likeness (QED) is 0.338. The highest BCUT2D eigenvalue weighted by Crippen LogP contribution is 2.31. The molecule has 4 rings (SSSR count). The monoisotopic (exact) mass is 428 g/mol. The molecule has 1 N–H and O–H groups in total. The highest BCUT2D eigenvalue weighted by Gasteiger charge is 2.17. The lowest BCUT2D eigenvalue weighted by molar-refractivity contribution is -0.384. The number of nitro groups is 1. The molecular formula is C24H20N4O4. The van der Waals surface area contributed by atoms with Crippen LogP contribution in [0.5, 0.6) is 5.75 Å². The van der Waals surface area contributed by atoms with Gasteiger partial charge in [-0.2, -0.15) is 5.10 Å². The summed E-state index contributed by atoms with van der Waals surface area (Å²) in [6.45, 7) is 0.655. The number of anilines is 1. The van der Waals surface area contributed by atoms with E-state index >= 15 is 0 Å². The van der Waals surface area contributed by atoms with E-state index in [-0.39, 0.29) is 17.3 Å². The summed E-state index contributed by atoms with van der Waals surface area (Å²) in [5.41, 5.74) is 3.26. The number of ether oxygens (including phenoxy) is 1. The first-order valence-electron chi connectivity index (χ1n) is 9.84. The van der Waals surface area contributed by atoms with Crippen LogP contribution in [0.4, 0.5) is 11.4 Å². The first-order chi connectivity index (χ1) is 15.5. The maximum absolute atomic E-state index is 13.1. The van der Waals surface area contributed by atoms with E-state index in [2.05, 4.69) is 10.4 Å². The number of nitrogens with one attached hydrogen (secondary N) is 1. The van der Waals surface area contributed by atoms with Crippen LogP contribution in [0, 0.1) is 10.1 Å². The number of amides is 1. The van der Waals surface area contributed by atoms with Gasteiger partial charge in [0.1, 0.15) is 5.75 Å². The molecule has 0 saturated carbocycles. The van der Waals surface area contributed by atoms with Gasteiger partial charge in [-0.1, -0.05) is 42.5 Å². The molecule has 0 spiro atoms. The summed E-state index contributed by atoms with van der Waals surface area (Å²) < 4.78 is 7.08. The number of nitro benzene ring substituents is 1. The minimum Gasteiger partial charge on any atom is -0.495 e. The Morgan fingerprint density at radius 1 is 1.09 bits per heavy atom. The van der Waals surface area contributed by atoms with Gasteiger partial charge < -0.3 is 10.1 Å². The van der Waals surface area contributed by atoms with Crippen LogP contribution in [-0.2, 0) is 6.54 Å². The smallest absolute Gasteiger partial charge is 0.271 e. The molecule has 0 atom stereocenters. The molecule has 0 aliphatic heterocycles. The van der Waals surface area contributed by atoms with Crippen LogP contribution in [0.25, 0.3) is 11.1 Å². The van der Waals surface area contributed by atoms with E-state index < -0.39 is 4.92 Å². The van der Waals surface area contributed by atoms with Crippen molar-refractivity contribution >= 4 is 17.3 Å². The molecule has 8 heteroatoms. The highest BCUT2D eigenvalue weighted by molar-refractivity contribution is 6.09. The first-order valence-corrected chi connectivity index (χ1v) is 9.84. The van der Waals surface area contributed by atoms with Crippen LogP contribution in [0.2, 0.25) is 0 Å². The van der Waals surface area contributed by atoms with Gasteiger partial charge in [0.2, 0.25) is 0 Å². The van der Waals surface area contributed by atoms with E-state index in [1.165, 1.54) is 25.3 Å². The maximum atomic E-state index is 13.1. The molecule has 0 aliphatic rings. The van der Waals surface area contributed by atoms with Crippen LogP contribution < -0.4 is 10.1 Å². The van der Waals surface area contributed by atoms with Crippen LogP contribution >= 0.6 is 0 Å². The summed E-state index contributed by atoms with van der Waals surface area (Å²) in [7, 11) is 1.44. The van der Waals surface area contributed by atoms with Crippen molar-refractivity contribution in [3.8, 4) is 16.9 Å². The lowest BCUT2D eigenvalue weighted by Crippen LogP contribution is -2.14. The van der Waals surface area contributed by atoms with Crippen molar-refractivity contribution in [2.24, 2.45) is 0 Å². The molecule has 3 aromatic carbocycles. The number of carbonyl (C=O) groups is 1. The molecule has 32 heavy (non-hydrogen) atoms. The van der Waals surface area contributed by atoms with Gasteiger partial charge in [0.25, 0.3) is 11.6 Å². The standard InChI is InChI=1S/C24H20N4O4/c1-32-23-12-11-19(28(30)31)15-22(23)26-24(29)21-6-3-2-5-20(21)18-9-7-17(8-10-18)16-27-14-4-13-25-27/h2-15H,16H2,1H3,(H,26,29). The van der Waals surface area contributed by atoms with Crippen molar-refractivity contribution in [3.05, 3.63) is 106 Å². The number of nitrogens with zero attached hydrogens (tertiary/aromatic N) is 3. The Kier molecular flexibility index (Phi) is 5.94. The lowest BCUT2D eigenvalue weighted by Gasteiger charge is -2.13. The zero-order chi connectivity index (χ0) is 22.5. The number of aromatic nitrogens is 2. The maximum Gasteiger partial charge on any atom is 0.271 e. The van der Waals surface area contributed by atoms with Crippen LogP contribution in [0.1, 0.15) is 15.9 Å². The topological polar surface area (TPSA) is 99.3 Å². The van der Waals surface area contributed by atoms with Crippen molar-refractivity contribution in [1.29, 1.82) is 0 Å². The third-order valence-electron chi connectivity index (χ3n) is 4.98. The average Bonchev–Trinajstić information content (AvgIpc) is 3.32. The predicted octanol–water partition coefficient (Wildman–Crippen LogP) is 4.77. The molecule has 1 heterocycles. The number of hydrogen-bond donors (Lipinski definition) is 1. The van der Waals surface area contributed by atoms with Crippen LogP contribution in [0.15, 0.2) is 85.2 Å². The summed E-state index contributed by atoms with van der Waals surface area (Å²) in [6.07, 6.45) is 3.63. The molecule has 0 aliphatic carbocycles. The van der Waals surface area contributed by atoms with Crippen LogP contribution in [0.3, 0.4) is 0 Å². The molecule has 0 fully saturated rings. The Hall–Kier alpha value is -4.46. The van der Waals surface area contributed by atoms with Gasteiger partial charge >= 0.3 is 0 Å². The molecule has 0 bridgehead atoms. The number of benzene rings is 3. The number of carbonyl (C=O) groups excluding carboxylic acids is 1. The summed E-state index contributed by atoms with van der Waals surface area (Å²) in [5, 5.41) is 18.1. The molecule has 0 saturated heterocycles. The number of hydrogen-bond acceptors (Lipinski definition) is 5. The second-order valence-corrected chi connectivity index (χ2v) is 7.04. The molecule has 4 aromatic rings. The van der Waals surface area contributed by atoms with Gasteiger partial charge in [-0.25, -0.2) is 0 Å². The number of methoxy groups -OCH3 is 1. The van der Waals surface area contributed by atoms with E-state index in [0.717, 1.165) is 16.7 Å².